The first-order chi connectivity index (χ1) is 9.15. The second kappa shape index (κ2) is 6.50. The third kappa shape index (κ3) is 4.19. The van der Waals surface area contributed by atoms with Gasteiger partial charge in [0.15, 0.2) is 6.61 Å². The number of hydrogen-bond donors (Lipinski definition) is 0. The predicted octanol–water partition coefficient (Wildman–Crippen LogP) is 3.71. The van der Waals surface area contributed by atoms with Gasteiger partial charge in [-0.3, -0.25) is 0 Å². The molecule has 1 heterocycles. The van der Waals surface area contributed by atoms with Gasteiger partial charge >= 0.3 is 5.97 Å². The van der Waals surface area contributed by atoms with Gasteiger partial charge in [-0.2, -0.15) is 0 Å². The maximum Gasteiger partial charge on any atom is 0.344 e. The van der Waals surface area contributed by atoms with Gasteiger partial charge in [0.1, 0.15) is 18.1 Å². The fourth-order valence-electron chi connectivity index (χ4n) is 1.32. The first-order valence-electron chi connectivity index (χ1n) is 5.41. The molecule has 0 aliphatic carbocycles. The predicted molar refractivity (Wildman–Crippen MR) is 70.5 cm³/mol. The van der Waals surface area contributed by atoms with Gasteiger partial charge < -0.3 is 13.9 Å². The molecular formula is C13H10Cl2O4. The van der Waals surface area contributed by atoms with Crippen molar-refractivity contribution in [1.29, 1.82) is 0 Å². The van der Waals surface area contributed by atoms with Crippen molar-refractivity contribution >= 4 is 29.2 Å². The first-order valence-corrected chi connectivity index (χ1v) is 6.16. The number of furan rings is 1. The summed E-state index contributed by atoms with van der Waals surface area (Å²) < 4.78 is 15.2. The molecule has 0 N–H and O–H groups in total. The van der Waals surface area contributed by atoms with Crippen molar-refractivity contribution in [3.05, 3.63) is 52.4 Å². The molecule has 0 bridgehead atoms. The molecule has 1 aromatic carbocycles. The maximum atomic E-state index is 11.4. The van der Waals surface area contributed by atoms with E-state index >= 15 is 0 Å². The lowest BCUT2D eigenvalue weighted by Crippen LogP contribution is -2.14. The lowest BCUT2D eigenvalue weighted by molar-refractivity contribution is -0.147. The first kappa shape index (κ1) is 13.8. The Balaban J connectivity index is 1.80. The van der Waals surface area contributed by atoms with E-state index in [2.05, 4.69) is 0 Å². The molecule has 0 spiro atoms. The Morgan fingerprint density at radius 1 is 1.26 bits per heavy atom. The van der Waals surface area contributed by atoms with Crippen molar-refractivity contribution in [1.82, 2.24) is 0 Å². The molecule has 4 nitrogen and oxygen atoms in total. The molecule has 0 unspecified atom stereocenters. The lowest BCUT2D eigenvalue weighted by Gasteiger charge is -2.07. The molecule has 0 saturated carbocycles. The number of carbonyl (C=O) groups is 1. The van der Waals surface area contributed by atoms with E-state index < -0.39 is 5.97 Å². The van der Waals surface area contributed by atoms with Crippen LogP contribution in [-0.2, 0) is 16.1 Å². The number of rotatable bonds is 5. The van der Waals surface area contributed by atoms with Gasteiger partial charge in [0.05, 0.1) is 11.3 Å². The minimum atomic E-state index is -0.512. The lowest BCUT2D eigenvalue weighted by atomic mass is 10.3. The molecule has 0 aliphatic rings. The molecule has 19 heavy (non-hydrogen) atoms. The molecular weight excluding hydrogens is 291 g/mol. The van der Waals surface area contributed by atoms with Gasteiger partial charge in [-0.05, 0) is 30.3 Å². The second-order valence-corrected chi connectivity index (χ2v) is 4.45. The fourth-order valence-corrected chi connectivity index (χ4v) is 1.78. The van der Waals surface area contributed by atoms with Gasteiger partial charge in [-0.1, -0.05) is 23.2 Å². The summed E-state index contributed by atoms with van der Waals surface area (Å²) in [6, 6.07) is 8.17. The van der Waals surface area contributed by atoms with Crippen LogP contribution in [0.4, 0.5) is 0 Å². The van der Waals surface area contributed by atoms with Crippen molar-refractivity contribution in [3.63, 3.8) is 0 Å². The average Bonchev–Trinajstić information content (AvgIpc) is 2.88. The normalized spacial score (nSPS) is 10.2. The second-order valence-electron chi connectivity index (χ2n) is 3.60. The molecule has 2 rings (SSSR count). The molecule has 2 aromatic rings. The Labute approximate surface area is 119 Å². The molecule has 0 saturated heterocycles. The van der Waals surface area contributed by atoms with Crippen molar-refractivity contribution in [2.24, 2.45) is 0 Å². The van der Waals surface area contributed by atoms with E-state index in [1.807, 2.05) is 0 Å². The van der Waals surface area contributed by atoms with Crippen LogP contribution in [0.2, 0.25) is 10.0 Å². The van der Waals surface area contributed by atoms with E-state index in [0.717, 1.165) is 0 Å². The van der Waals surface area contributed by atoms with Crippen LogP contribution in [0.15, 0.2) is 41.0 Å². The van der Waals surface area contributed by atoms with Crippen molar-refractivity contribution in [2.75, 3.05) is 6.61 Å². The van der Waals surface area contributed by atoms with Crippen LogP contribution in [0, 0.1) is 0 Å². The van der Waals surface area contributed by atoms with E-state index in [1.165, 1.54) is 12.3 Å². The van der Waals surface area contributed by atoms with E-state index in [-0.39, 0.29) is 13.2 Å². The minimum absolute atomic E-state index is 0.0730. The average molecular weight is 301 g/mol. The van der Waals surface area contributed by atoms with Gasteiger partial charge in [0.2, 0.25) is 0 Å². The van der Waals surface area contributed by atoms with Crippen LogP contribution in [0.3, 0.4) is 0 Å². The summed E-state index contributed by atoms with van der Waals surface area (Å²) in [6.45, 7) is -0.161. The minimum Gasteiger partial charge on any atom is -0.480 e. The Kier molecular flexibility index (Phi) is 4.71. The van der Waals surface area contributed by atoms with E-state index in [0.29, 0.717) is 21.6 Å². The standard InChI is InChI=1S/C13H10Cl2O4/c14-9-3-4-12(11(15)6-9)18-8-13(16)19-7-10-2-1-5-17-10/h1-6H,7-8H2. The van der Waals surface area contributed by atoms with E-state index in [4.69, 9.17) is 37.1 Å². The maximum absolute atomic E-state index is 11.4. The summed E-state index contributed by atoms with van der Waals surface area (Å²) in [4.78, 5) is 11.4. The van der Waals surface area contributed by atoms with E-state index in [9.17, 15) is 4.79 Å². The molecule has 100 valence electrons. The van der Waals surface area contributed by atoms with Crippen molar-refractivity contribution in [2.45, 2.75) is 6.61 Å². The number of esters is 1. The van der Waals surface area contributed by atoms with Crippen LogP contribution in [-0.4, -0.2) is 12.6 Å². The SMILES string of the molecule is O=C(COc1ccc(Cl)cc1Cl)OCc1ccco1. The Morgan fingerprint density at radius 2 is 2.11 bits per heavy atom. The highest BCUT2D eigenvalue weighted by atomic mass is 35.5. The molecule has 0 fully saturated rings. The van der Waals surface area contributed by atoms with Crippen LogP contribution in [0.25, 0.3) is 0 Å². The summed E-state index contributed by atoms with van der Waals surface area (Å²) in [5.41, 5.74) is 0. The number of ether oxygens (including phenoxy) is 2. The van der Waals surface area contributed by atoms with Gasteiger partial charge in [0.25, 0.3) is 0 Å². The third-order valence-electron chi connectivity index (χ3n) is 2.19. The summed E-state index contributed by atoms with van der Waals surface area (Å²) in [6.07, 6.45) is 1.51. The third-order valence-corrected chi connectivity index (χ3v) is 2.73. The summed E-state index contributed by atoms with van der Waals surface area (Å²) in [7, 11) is 0. The number of halogens is 2. The van der Waals surface area contributed by atoms with Gasteiger partial charge in [0, 0.05) is 5.02 Å². The van der Waals surface area contributed by atoms with Gasteiger partial charge in [-0.25, -0.2) is 4.79 Å². The number of benzene rings is 1. The largest absolute Gasteiger partial charge is 0.480 e. The smallest absolute Gasteiger partial charge is 0.344 e. The summed E-state index contributed by atoms with van der Waals surface area (Å²) in [5, 5.41) is 0.837. The van der Waals surface area contributed by atoms with Crippen LogP contribution < -0.4 is 4.74 Å². The Morgan fingerprint density at radius 3 is 2.79 bits per heavy atom. The van der Waals surface area contributed by atoms with Crippen LogP contribution in [0.1, 0.15) is 5.76 Å². The molecule has 0 atom stereocenters. The van der Waals surface area contributed by atoms with Gasteiger partial charge in [-0.15, -0.1) is 0 Å². The molecule has 0 amide bonds. The Hall–Kier alpha value is -1.65. The molecule has 0 radical (unpaired) electrons. The zero-order valence-electron chi connectivity index (χ0n) is 9.77. The Bertz CT molecular complexity index is 552. The molecule has 0 aliphatic heterocycles. The molecule has 1 aromatic heterocycles. The number of hydrogen-bond acceptors (Lipinski definition) is 4. The zero-order valence-corrected chi connectivity index (χ0v) is 11.3. The highest BCUT2D eigenvalue weighted by Gasteiger charge is 2.08. The number of carbonyl (C=O) groups excluding carboxylic acids is 1. The van der Waals surface area contributed by atoms with Crippen LogP contribution in [0.5, 0.6) is 5.75 Å². The monoisotopic (exact) mass is 300 g/mol. The van der Waals surface area contributed by atoms with Crippen LogP contribution >= 0.6 is 23.2 Å². The van der Waals surface area contributed by atoms with E-state index in [1.54, 1.807) is 24.3 Å². The quantitative estimate of drug-likeness (QED) is 0.790. The zero-order chi connectivity index (χ0) is 13.7. The summed E-state index contributed by atoms with van der Waals surface area (Å²) >= 11 is 11.6. The highest BCUT2D eigenvalue weighted by molar-refractivity contribution is 6.35. The highest BCUT2D eigenvalue weighted by Crippen LogP contribution is 2.27. The topological polar surface area (TPSA) is 48.7 Å². The summed E-state index contributed by atoms with van der Waals surface area (Å²) in [5.74, 6) is 0.432. The fraction of sp³-hybridized carbons (Fsp3) is 0.154. The van der Waals surface area contributed by atoms with Crippen molar-refractivity contribution < 1.29 is 18.7 Å². The molecule has 6 heteroatoms. The van der Waals surface area contributed by atoms with Crippen molar-refractivity contribution in [3.8, 4) is 5.75 Å².